The molecule has 0 aliphatic carbocycles. The predicted molar refractivity (Wildman–Crippen MR) is 57.8 cm³/mol. The van der Waals surface area contributed by atoms with Crippen LogP contribution in [0.4, 0.5) is 0 Å². The Labute approximate surface area is 87.0 Å². The number of carbonyl (C=O) groups is 1. The lowest BCUT2D eigenvalue weighted by Crippen LogP contribution is -2.10. The lowest BCUT2D eigenvalue weighted by molar-refractivity contribution is -0.105. The van der Waals surface area contributed by atoms with Crippen LogP contribution in [0, 0.1) is 5.41 Å². The van der Waals surface area contributed by atoms with Gasteiger partial charge in [0.1, 0.15) is 0 Å². The van der Waals surface area contributed by atoms with E-state index in [1.54, 1.807) is 12.5 Å². The molecule has 0 unspecified atom stereocenters. The molecule has 0 spiro atoms. The highest BCUT2D eigenvalue weighted by Crippen LogP contribution is 2.06. The summed E-state index contributed by atoms with van der Waals surface area (Å²) in [4.78, 5) is 18.0. The third-order valence-corrected chi connectivity index (χ3v) is 2.52. The van der Waals surface area contributed by atoms with Crippen LogP contribution in [0.1, 0.15) is 19.0 Å². The van der Waals surface area contributed by atoms with Crippen LogP contribution < -0.4 is 0 Å². The molecular weight excluding hydrogens is 198 g/mol. The van der Waals surface area contributed by atoms with Crippen molar-refractivity contribution in [3.05, 3.63) is 18.2 Å². The van der Waals surface area contributed by atoms with Gasteiger partial charge >= 0.3 is 0 Å². The molecule has 1 rings (SSSR count). The van der Waals surface area contributed by atoms with Crippen LogP contribution in [-0.4, -0.2) is 26.5 Å². The minimum atomic E-state index is -0.119. The molecule has 1 aromatic rings. The Morgan fingerprint density at radius 2 is 2.50 bits per heavy atom. The second-order valence-electron chi connectivity index (χ2n) is 2.78. The van der Waals surface area contributed by atoms with Crippen LogP contribution in [0.3, 0.4) is 0 Å². The number of thioether (sulfide) groups is 1. The zero-order valence-electron chi connectivity index (χ0n) is 8.04. The van der Waals surface area contributed by atoms with E-state index >= 15 is 0 Å². The average Bonchev–Trinajstić information content (AvgIpc) is 2.67. The van der Waals surface area contributed by atoms with Gasteiger partial charge in [-0.1, -0.05) is 18.7 Å². The largest absolute Gasteiger partial charge is 0.348 e. The number of aromatic amines is 1. The molecule has 0 fully saturated rings. The molecule has 14 heavy (non-hydrogen) atoms. The van der Waals surface area contributed by atoms with Gasteiger partial charge in [0.25, 0.3) is 0 Å². The van der Waals surface area contributed by atoms with Crippen molar-refractivity contribution >= 4 is 22.6 Å². The molecule has 0 atom stereocenters. The topological polar surface area (TPSA) is 69.6 Å². The van der Waals surface area contributed by atoms with E-state index < -0.39 is 0 Å². The highest BCUT2D eigenvalue weighted by atomic mass is 32.2. The van der Waals surface area contributed by atoms with Gasteiger partial charge in [-0.2, -0.15) is 0 Å². The fraction of sp³-hybridized carbons (Fsp3) is 0.444. The number of aryl methyl sites for hydroxylation is 1. The summed E-state index contributed by atoms with van der Waals surface area (Å²) in [5.74, 6) is 0.727. The van der Waals surface area contributed by atoms with Crippen LogP contribution in [0.15, 0.2) is 12.5 Å². The number of imidazole rings is 1. The van der Waals surface area contributed by atoms with Gasteiger partial charge < -0.3 is 10.4 Å². The van der Waals surface area contributed by atoms with Gasteiger partial charge in [0.05, 0.1) is 12.0 Å². The third kappa shape index (κ3) is 3.33. The summed E-state index contributed by atoms with van der Waals surface area (Å²) < 4.78 is 0. The highest BCUT2D eigenvalue weighted by Gasteiger charge is 2.08. The van der Waals surface area contributed by atoms with Crippen molar-refractivity contribution in [1.82, 2.24) is 9.97 Å². The number of hydrogen-bond donors (Lipinski definition) is 2. The fourth-order valence-electron chi connectivity index (χ4n) is 1.00. The molecule has 0 aromatic carbocycles. The van der Waals surface area contributed by atoms with E-state index in [2.05, 4.69) is 9.97 Å². The molecule has 4 nitrogen and oxygen atoms in total. The van der Waals surface area contributed by atoms with E-state index in [4.69, 9.17) is 5.41 Å². The quantitative estimate of drug-likeness (QED) is 0.727. The molecule has 0 saturated heterocycles. The van der Waals surface area contributed by atoms with E-state index in [-0.39, 0.29) is 10.8 Å². The van der Waals surface area contributed by atoms with Gasteiger partial charge in [0, 0.05) is 11.9 Å². The van der Waals surface area contributed by atoms with Crippen molar-refractivity contribution < 1.29 is 4.79 Å². The normalized spacial score (nSPS) is 10.1. The molecule has 0 amide bonds. The van der Waals surface area contributed by atoms with Crippen molar-refractivity contribution in [2.45, 2.75) is 19.8 Å². The number of hydrogen-bond acceptors (Lipinski definition) is 4. The van der Waals surface area contributed by atoms with E-state index in [1.165, 1.54) is 11.8 Å². The Bertz CT molecular complexity index is 308. The number of aromatic nitrogens is 2. The first-order valence-electron chi connectivity index (χ1n) is 4.45. The molecule has 1 aromatic heterocycles. The Morgan fingerprint density at radius 3 is 3.07 bits per heavy atom. The first-order valence-corrected chi connectivity index (χ1v) is 5.44. The second kappa shape index (κ2) is 5.59. The first kappa shape index (κ1) is 11.0. The van der Waals surface area contributed by atoms with Crippen molar-refractivity contribution in [3.8, 4) is 0 Å². The summed E-state index contributed by atoms with van der Waals surface area (Å²) in [5.41, 5.74) is 1.15. The summed E-state index contributed by atoms with van der Waals surface area (Å²) in [6, 6.07) is 0. The van der Waals surface area contributed by atoms with Crippen molar-refractivity contribution in [2.75, 3.05) is 5.75 Å². The molecule has 1 heterocycles. The Hall–Kier alpha value is -1.10. The number of nitrogens with zero attached hydrogens (tertiary/aromatic N) is 1. The predicted octanol–water partition coefficient (Wildman–Crippen LogP) is 1.64. The van der Waals surface area contributed by atoms with Crippen molar-refractivity contribution in [2.24, 2.45) is 0 Å². The molecule has 0 aliphatic rings. The number of carbonyl (C=O) groups excluding carboxylic acids is 1. The SMILES string of the molecule is CCSC(=O)C(=N)CCc1cnc[nH]1. The van der Waals surface area contributed by atoms with Crippen LogP contribution in [0.2, 0.25) is 0 Å². The number of rotatable bonds is 5. The average molecular weight is 211 g/mol. The van der Waals surface area contributed by atoms with Crippen LogP contribution in [0.25, 0.3) is 0 Å². The maximum absolute atomic E-state index is 11.2. The standard InChI is InChI=1S/C9H13N3OS/c1-2-14-9(13)8(10)4-3-7-5-11-6-12-7/h5-6,10H,2-4H2,1H3,(H,11,12). The zero-order chi connectivity index (χ0) is 10.4. The van der Waals surface area contributed by atoms with Crippen molar-refractivity contribution in [3.63, 3.8) is 0 Å². The van der Waals surface area contributed by atoms with Gasteiger partial charge in [-0.15, -0.1) is 0 Å². The molecule has 0 radical (unpaired) electrons. The summed E-state index contributed by atoms with van der Waals surface area (Å²) >= 11 is 1.19. The van der Waals surface area contributed by atoms with Gasteiger partial charge in [-0.25, -0.2) is 4.98 Å². The number of nitrogens with one attached hydrogen (secondary N) is 2. The number of H-pyrrole nitrogens is 1. The Morgan fingerprint density at radius 1 is 1.71 bits per heavy atom. The second-order valence-corrected chi connectivity index (χ2v) is 4.01. The maximum atomic E-state index is 11.2. The summed E-state index contributed by atoms with van der Waals surface area (Å²) in [6.45, 7) is 1.91. The third-order valence-electron chi connectivity index (χ3n) is 1.72. The minimum Gasteiger partial charge on any atom is -0.348 e. The van der Waals surface area contributed by atoms with E-state index in [0.717, 1.165) is 11.4 Å². The smallest absolute Gasteiger partial charge is 0.232 e. The van der Waals surface area contributed by atoms with Crippen LogP contribution >= 0.6 is 11.8 Å². The van der Waals surface area contributed by atoms with Crippen LogP contribution in [-0.2, 0) is 11.2 Å². The highest BCUT2D eigenvalue weighted by molar-refractivity contribution is 8.15. The van der Waals surface area contributed by atoms with Gasteiger partial charge in [0.15, 0.2) is 0 Å². The maximum Gasteiger partial charge on any atom is 0.232 e. The Balaban J connectivity index is 2.31. The first-order chi connectivity index (χ1) is 6.74. The van der Waals surface area contributed by atoms with Crippen molar-refractivity contribution in [1.29, 1.82) is 5.41 Å². The van der Waals surface area contributed by atoms with Gasteiger partial charge in [-0.3, -0.25) is 4.79 Å². The summed E-state index contributed by atoms with van der Waals surface area (Å²) in [6.07, 6.45) is 4.47. The van der Waals surface area contributed by atoms with Gasteiger partial charge in [-0.05, 0) is 18.6 Å². The molecular formula is C9H13N3OS. The summed E-state index contributed by atoms with van der Waals surface area (Å²) in [5, 5.41) is 7.38. The van der Waals surface area contributed by atoms with Crippen LogP contribution in [0.5, 0.6) is 0 Å². The molecule has 0 saturated carbocycles. The molecule has 5 heteroatoms. The molecule has 2 N–H and O–H groups in total. The lowest BCUT2D eigenvalue weighted by atomic mass is 10.2. The molecule has 0 aliphatic heterocycles. The lowest BCUT2D eigenvalue weighted by Gasteiger charge is -1.99. The monoisotopic (exact) mass is 211 g/mol. The Kier molecular flexibility index (Phi) is 4.39. The van der Waals surface area contributed by atoms with E-state index in [1.807, 2.05) is 6.92 Å². The minimum absolute atomic E-state index is 0.119. The van der Waals surface area contributed by atoms with E-state index in [9.17, 15) is 4.79 Å². The summed E-state index contributed by atoms with van der Waals surface area (Å²) in [7, 11) is 0. The fourth-order valence-corrected chi connectivity index (χ4v) is 1.54. The zero-order valence-corrected chi connectivity index (χ0v) is 8.86. The molecule has 76 valence electrons. The van der Waals surface area contributed by atoms with E-state index in [0.29, 0.717) is 12.8 Å². The molecule has 0 bridgehead atoms. The van der Waals surface area contributed by atoms with Gasteiger partial charge in [0.2, 0.25) is 5.12 Å².